The first-order valence-corrected chi connectivity index (χ1v) is 5.20. The van der Waals surface area contributed by atoms with E-state index in [2.05, 4.69) is 9.88 Å². The van der Waals surface area contributed by atoms with E-state index in [4.69, 9.17) is 4.74 Å². The lowest BCUT2D eigenvalue weighted by molar-refractivity contribution is 0.237. The lowest BCUT2D eigenvalue weighted by Crippen LogP contribution is -2.25. The number of nitrogens with zero attached hydrogens (tertiary/aromatic N) is 2. The predicted molar refractivity (Wildman–Crippen MR) is 55.4 cm³/mol. The summed E-state index contributed by atoms with van der Waals surface area (Å²) in [7, 11) is 0. The minimum Gasteiger partial charge on any atom is -0.492 e. The summed E-state index contributed by atoms with van der Waals surface area (Å²) in [5.41, 5.74) is 0. The maximum atomic E-state index is 5.59. The Kier molecular flexibility index (Phi) is 3.35. The number of hydrogen-bond donors (Lipinski definition) is 0. The van der Waals surface area contributed by atoms with E-state index in [1.807, 2.05) is 12.1 Å². The number of pyridine rings is 1. The molecule has 2 heterocycles. The van der Waals surface area contributed by atoms with Crippen molar-refractivity contribution in [1.29, 1.82) is 0 Å². The molecule has 1 aromatic rings. The summed E-state index contributed by atoms with van der Waals surface area (Å²) >= 11 is 0. The molecule has 0 atom stereocenters. The zero-order valence-electron chi connectivity index (χ0n) is 8.35. The monoisotopic (exact) mass is 192 g/mol. The topological polar surface area (TPSA) is 25.4 Å². The van der Waals surface area contributed by atoms with Crippen molar-refractivity contribution in [2.75, 3.05) is 26.2 Å². The van der Waals surface area contributed by atoms with Crippen LogP contribution in [0.1, 0.15) is 12.8 Å². The molecule has 2 rings (SSSR count). The minimum absolute atomic E-state index is 0.782. The van der Waals surface area contributed by atoms with Crippen LogP contribution < -0.4 is 4.74 Å². The van der Waals surface area contributed by atoms with Gasteiger partial charge in [0.15, 0.2) is 0 Å². The number of hydrogen-bond acceptors (Lipinski definition) is 3. The molecule has 14 heavy (non-hydrogen) atoms. The molecule has 0 amide bonds. The lowest BCUT2D eigenvalue weighted by Gasteiger charge is -2.14. The molecular formula is C11H16N2O. The zero-order valence-corrected chi connectivity index (χ0v) is 8.35. The van der Waals surface area contributed by atoms with E-state index in [1.54, 1.807) is 12.4 Å². The van der Waals surface area contributed by atoms with Gasteiger partial charge in [0.25, 0.3) is 0 Å². The molecule has 76 valence electrons. The first-order chi connectivity index (χ1) is 6.95. The quantitative estimate of drug-likeness (QED) is 0.724. The van der Waals surface area contributed by atoms with Crippen LogP contribution in [0, 0.1) is 0 Å². The van der Waals surface area contributed by atoms with E-state index < -0.39 is 0 Å². The summed E-state index contributed by atoms with van der Waals surface area (Å²) < 4.78 is 5.59. The second-order valence-electron chi connectivity index (χ2n) is 3.58. The summed E-state index contributed by atoms with van der Waals surface area (Å²) in [4.78, 5) is 6.39. The largest absolute Gasteiger partial charge is 0.492 e. The molecule has 0 aromatic carbocycles. The summed E-state index contributed by atoms with van der Waals surface area (Å²) in [6.07, 6.45) is 6.20. The third kappa shape index (κ3) is 2.70. The molecule has 1 saturated heterocycles. The second kappa shape index (κ2) is 4.96. The molecule has 1 aromatic heterocycles. The van der Waals surface area contributed by atoms with Crippen LogP contribution in [0.5, 0.6) is 5.75 Å². The molecule has 0 unspecified atom stereocenters. The predicted octanol–water partition coefficient (Wildman–Crippen LogP) is 1.56. The Morgan fingerprint density at radius 1 is 1.21 bits per heavy atom. The molecule has 1 fully saturated rings. The van der Waals surface area contributed by atoms with E-state index in [1.165, 1.54) is 25.9 Å². The summed E-state index contributed by atoms with van der Waals surface area (Å²) in [5, 5.41) is 0. The van der Waals surface area contributed by atoms with Crippen LogP contribution in [0.2, 0.25) is 0 Å². The van der Waals surface area contributed by atoms with Crippen LogP contribution in [-0.2, 0) is 0 Å². The van der Waals surface area contributed by atoms with Gasteiger partial charge in [-0.05, 0) is 38.1 Å². The van der Waals surface area contributed by atoms with Gasteiger partial charge < -0.3 is 4.74 Å². The fourth-order valence-corrected chi connectivity index (χ4v) is 1.73. The Morgan fingerprint density at radius 3 is 2.64 bits per heavy atom. The molecule has 1 aliphatic rings. The summed E-state index contributed by atoms with van der Waals surface area (Å²) in [5.74, 6) is 0.916. The molecule has 3 heteroatoms. The Hall–Kier alpha value is -1.09. The fourth-order valence-electron chi connectivity index (χ4n) is 1.73. The average molecular weight is 192 g/mol. The van der Waals surface area contributed by atoms with Crippen molar-refractivity contribution in [3.05, 3.63) is 24.5 Å². The highest BCUT2D eigenvalue weighted by Gasteiger charge is 2.10. The average Bonchev–Trinajstić information content (AvgIpc) is 2.72. The van der Waals surface area contributed by atoms with Crippen LogP contribution in [0.15, 0.2) is 24.5 Å². The molecule has 3 nitrogen and oxygen atoms in total. The van der Waals surface area contributed by atoms with E-state index >= 15 is 0 Å². The highest BCUT2D eigenvalue weighted by molar-refractivity contribution is 5.16. The molecular weight excluding hydrogens is 176 g/mol. The first-order valence-electron chi connectivity index (χ1n) is 5.20. The van der Waals surface area contributed by atoms with Crippen molar-refractivity contribution in [2.24, 2.45) is 0 Å². The van der Waals surface area contributed by atoms with Crippen LogP contribution >= 0.6 is 0 Å². The van der Waals surface area contributed by atoms with Crippen molar-refractivity contribution < 1.29 is 4.74 Å². The van der Waals surface area contributed by atoms with E-state index in [0.29, 0.717) is 0 Å². The van der Waals surface area contributed by atoms with E-state index in [0.717, 1.165) is 18.9 Å². The van der Waals surface area contributed by atoms with Gasteiger partial charge >= 0.3 is 0 Å². The SMILES string of the molecule is c1cc(OCCN2CCCC2)ccn1. The van der Waals surface area contributed by atoms with Gasteiger partial charge in [-0.2, -0.15) is 0 Å². The zero-order chi connectivity index (χ0) is 9.64. The molecule has 1 aliphatic heterocycles. The van der Waals surface area contributed by atoms with Gasteiger partial charge in [-0.15, -0.1) is 0 Å². The Balaban J connectivity index is 1.67. The molecule has 0 radical (unpaired) electrons. The van der Waals surface area contributed by atoms with Crippen molar-refractivity contribution in [3.8, 4) is 5.75 Å². The third-order valence-corrected chi connectivity index (χ3v) is 2.52. The normalized spacial score (nSPS) is 17.1. The minimum atomic E-state index is 0.782. The highest BCUT2D eigenvalue weighted by Crippen LogP contribution is 2.09. The molecule has 0 N–H and O–H groups in total. The second-order valence-corrected chi connectivity index (χ2v) is 3.58. The maximum absolute atomic E-state index is 5.59. The highest BCUT2D eigenvalue weighted by atomic mass is 16.5. The van der Waals surface area contributed by atoms with E-state index in [9.17, 15) is 0 Å². The molecule has 0 spiro atoms. The first kappa shape index (κ1) is 9.46. The maximum Gasteiger partial charge on any atom is 0.122 e. The van der Waals surface area contributed by atoms with Gasteiger partial charge in [-0.25, -0.2) is 0 Å². The standard InChI is InChI=1S/C11H16N2O/c1-2-8-13(7-1)9-10-14-11-3-5-12-6-4-11/h3-6H,1-2,7-10H2. The number of ether oxygens (including phenoxy) is 1. The Morgan fingerprint density at radius 2 is 1.93 bits per heavy atom. The Labute approximate surface area is 84.7 Å². The lowest BCUT2D eigenvalue weighted by atomic mass is 10.4. The van der Waals surface area contributed by atoms with Crippen LogP contribution in [0.3, 0.4) is 0 Å². The molecule has 0 saturated carbocycles. The van der Waals surface area contributed by atoms with Gasteiger partial charge in [0, 0.05) is 18.9 Å². The summed E-state index contributed by atoms with van der Waals surface area (Å²) in [6, 6.07) is 3.79. The van der Waals surface area contributed by atoms with Gasteiger partial charge in [-0.1, -0.05) is 0 Å². The number of aromatic nitrogens is 1. The van der Waals surface area contributed by atoms with Crippen LogP contribution in [0.4, 0.5) is 0 Å². The van der Waals surface area contributed by atoms with Gasteiger partial charge in [-0.3, -0.25) is 9.88 Å². The van der Waals surface area contributed by atoms with Gasteiger partial charge in [0.05, 0.1) is 0 Å². The van der Waals surface area contributed by atoms with Crippen molar-refractivity contribution in [2.45, 2.75) is 12.8 Å². The van der Waals surface area contributed by atoms with E-state index in [-0.39, 0.29) is 0 Å². The van der Waals surface area contributed by atoms with Crippen LogP contribution in [0.25, 0.3) is 0 Å². The van der Waals surface area contributed by atoms with Crippen LogP contribution in [-0.4, -0.2) is 36.1 Å². The van der Waals surface area contributed by atoms with Gasteiger partial charge in [0.2, 0.25) is 0 Å². The molecule has 0 bridgehead atoms. The molecule has 0 aliphatic carbocycles. The van der Waals surface area contributed by atoms with Crippen molar-refractivity contribution in [3.63, 3.8) is 0 Å². The smallest absolute Gasteiger partial charge is 0.122 e. The fraction of sp³-hybridized carbons (Fsp3) is 0.545. The Bertz CT molecular complexity index is 257. The van der Waals surface area contributed by atoms with Gasteiger partial charge in [0.1, 0.15) is 12.4 Å². The summed E-state index contributed by atoms with van der Waals surface area (Å²) in [6.45, 7) is 4.30. The number of likely N-dealkylation sites (tertiary alicyclic amines) is 1. The number of rotatable bonds is 4. The van der Waals surface area contributed by atoms with Crippen molar-refractivity contribution >= 4 is 0 Å². The van der Waals surface area contributed by atoms with Crippen molar-refractivity contribution in [1.82, 2.24) is 9.88 Å². The third-order valence-electron chi connectivity index (χ3n) is 2.52.